The Morgan fingerprint density at radius 1 is 1.04 bits per heavy atom. The van der Waals surface area contributed by atoms with E-state index in [1.807, 2.05) is 18.2 Å². The summed E-state index contributed by atoms with van der Waals surface area (Å²) in [7, 11) is 0. The van der Waals surface area contributed by atoms with Gasteiger partial charge in [0.1, 0.15) is 0 Å². The third kappa shape index (κ3) is 4.15. The van der Waals surface area contributed by atoms with Crippen molar-refractivity contribution in [2.24, 2.45) is 0 Å². The van der Waals surface area contributed by atoms with Crippen molar-refractivity contribution < 1.29 is 9.72 Å². The number of amides is 1. The van der Waals surface area contributed by atoms with Crippen LogP contribution in [0.5, 0.6) is 0 Å². The maximum Gasteiger partial charge on any atom is 0.270 e. The molecule has 0 atom stereocenters. The van der Waals surface area contributed by atoms with Gasteiger partial charge < -0.3 is 4.90 Å². The highest BCUT2D eigenvalue weighted by atomic mass is 35.5. The number of hydrogen-bond acceptors (Lipinski definition) is 4. The van der Waals surface area contributed by atoms with Gasteiger partial charge in [0.15, 0.2) is 0 Å². The highest BCUT2D eigenvalue weighted by Gasteiger charge is 2.24. The monoisotopic (exact) mass is 393 g/mol. The maximum absolute atomic E-state index is 12.6. The molecular formula is C18H17Cl2N3O3. The summed E-state index contributed by atoms with van der Waals surface area (Å²) in [6.07, 6.45) is 0. The summed E-state index contributed by atoms with van der Waals surface area (Å²) in [6.45, 7) is 3.08. The predicted molar refractivity (Wildman–Crippen MR) is 101 cm³/mol. The van der Waals surface area contributed by atoms with Crippen LogP contribution in [0, 0.1) is 10.1 Å². The zero-order chi connectivity index (χ0) is 18.7. The molecule has 0 N–H and O–H groups in total. The average Bonchev–Trinajstić information content (AvgIpc) is 2.65. The lowest BCUT2D eigenvalue weighted by Gasteiger charge is -2.35. The number of rotatable bonds is 4. The second-order valence-corrected chi connectivity index (χ2v) is 6.89. The van der Waals surface area contributed by atoms with E-state index in [0.29, 0.717) is 48.3 Å². The molecule has 6 nitrogen and oxygen atoms in total. The van der Waals surface area contributed by atoms with E-state index in [0.717, 1.165) is 5.56 Å². The van der Waals surface area contributed by atoms with Crippen molar-refractivity contribution in [1.82, 2.24) is 9.80 Å². The summed E-state index contributed by atoms with van der Waals surface area (Å²) < 4.78 is 0. The summed E-state index contributed by atoms with van der Waals surface area (Å²) >= 11 is 12.4. The molecule has 1 fully saturated rings. The Kier molecular flexibility index (Phi) is 5.76. The topological polar surface area (TPSA) is 66.7 Å². The Morgan fingerprint density at radius 3 is 2.27 bits per heavy atom. The van der Waals surface area contributed by atoms with Crippen molar-refractivity contribution in [1.29, 1.82) is 0 Å². The summed E-state index contributed by atoms with van der Waals surface area (Å²) in [5.41, 5.74) is 1.14. The zero-order valence-electron chi connectivity index (χ0n) is 13.9. The Labute approximate surface area is 161 Å². The van der Waals surface area contributed by atoms with Crippen LogP contribution in [0.1, 0.15) is 15.9 Å². The Balaban J connectivity index is 1.62. The van der Waals surface area contributed by atoms with E-state index in [9.17, 15) is 14.9 Å². The van der Waals surface area contributed by atoms with E-state index < -0.39 is 4.92 Å². The molecule has 0 bridgehead atoms. The number of benzene rings is 2. The van der Waals surface area contributed by atoms with Gasteiger partial charge in [0, 0.05) is 66.0 Å². The SMILES string of the molecule is O=C(c1cccc([N+](=O)[O-])c1)N1CCN(Cc2c(Cl)cccc2Cl)CC1. The van der Waals surface area contributed by atoms with E-state index in [2.05, 4.69) is 4.90 Å². The molecule has 0 unspecified atom stereocenters. The second-order valence-electron chi connectivity index (χ2n) is 6.08. The molecule has 1 aliphatic rings. The van der Waals surface area contributed by atoms with E-state index >= 15 is 0 Å². The predicted octanol–water partition coefficient (Wildman–Crippen LogP) is 3.86. The largest absolute Gasteiger partial charge is 0.336 e. The van der Waals surface area contributed by atoms with Crippen LogP contribution in [0.4, 0.5) is 5.69 Å². The molecule has 0 saturated carbocycles. The summed E-state index contributed by atoms with van der Waals surface area (Å²) in [6, 6.07) is 11.3. The van der Waals surface area contributed by atoms with Gasteiger partial charge in [0.2, 0.25) is 0 Å². The number of nitro groups is 1. The standard InChI is InChI=1S/C18H17Cl2N3O3/c19-16-5-2-6-17(20)15(16)12-21-7-9-22(10-8-21)18(24)13-3-1-4-14(11-13)23(25)26/h1-6,11H,7-10,12H2. The van der Waals surface area contributed by atoms with Gasteiger partial charge in [-0.15, -0.1) is 0 Å². The van der Waals surface area contributed by atoms with Gasteiger partial charge in [-0.3, -0.25) is 19.8 Å². The molecule has 3 rings (SSSR count). The third-order valence-corrected chi connectivity index (χ3v) is 5.12. The minimum absolute atomic E-state index is 0.0807. The quantitative estimate of drug-likeness (QED) is 0.584. The Bertz CT molecular complexity index is 816. The first-order valence-electron chi connectivity index (χ1n) is 8.14. The number of carbonyl (C=O) groups excluding carboxylic acids is 1. The first-order valence-corrected chi connectivity index (χ1v) is 8.90. The van der Waals surface area contributed by atoms with Crippen LogP contribution >= 0.6 is 23.2 Å². The van der Waals surface area contributed by atoms with Crippen LogP contribution in [-0.4, -0.2) is 46.8 Å². The number of nitro benzene ring substituents is 1. The molecule has 2 aromatic carbocycles. The molecule has 1 heterocycles. The first kappa shape index (κ1) is 18.6. The fraction of sp³-hybridized carbons (Fsp3) is 0.278. The lowest BCUT2D eigenvalue weighted by atomic mass is 10.1. The molecule has 26 heavy (non-hydrogen) atoms. The molecule has 0 radical (unpaired) electrons. The number of carbonyl (C=O) groups is 1. The van der Waals surface area contributed by atoms with E-state index in [1.165, 1.54) is 18.2 Å². The number of hydrogen-bond donors (Lipinski definition) is 0. The van der Waals surface area contributed by atoms with Crippen molar-refractivity contribution in [2.75, 3.05) is 26.2 Å². The summed E-state index contributed by atoms with van der Waals surface area (Å²) in [5, 5.41) is 12.1. The first-order chi connectivity index (χ1) is 12.5. The normalized spacial score (nSPS) is 15.1. The van der Waals surface area contributed by atoms with E-state index in [4.69, 9.17) is 23.2 Å². The fourth-order valence-electron chi connectivity index (χ4n) is 2.95. The summed E-state index contributed by atoms with van der Waals surface area (Å²) in [5.74, 6) is -0.191. The molecule has 1 aliphatic heterocycles. The zero-order valence-corrected chi connectivity index (χ0v) is 15.4. The number of nitrogens with zero attached hydrogens (tertiary/aromatic N) is 3. The molecule has 0 aliphatic carbocycles. The molecule has 0 spiro atoms. The van der Waals surface area contributed by atoms with Crippen LogP contribution in [0.2, 0.25) is 10.0 Å². The summed E-state index contributed by atoms with van der Waals surface area (Å²) in [4.78, 5) is 26.9. The molecule has 2 aromatic rings. The highest BCUT2D eigenvalue weighted by Crippen LogP contribution is 2.26. The Morgan fingerprint density at radius 2 is 1.65 bits per heavy atom. The number of non-ortho nitro benzene ring substituents is 1. The molecule has 1 saturated heterocycles. The molecular weight excluding hydrogens is 377 g/mol. The fourth-order valence-corrected chi connectivity index (χ4v) is 3.47. The van der Waals surface area contributed by atoms with Gasteiger partial charge >= 0.3 is 0 Å². The van der Waals surface area contributed by atoms with Gasteiger partial charge in [0.25, 0.3) is 11.6 Å². The van der Waals surface area contributed by atoms with Gasteiger partial charge in [0.05, 0.1) is 4.92 Å². The lowest BCUT2D eigenvalue weighted by Crippen LogP contribution is -2.48. The van der Waals surface area contributed by atoms with Gasteiger partial charge in [-0.2, -0.15) is 0 Å². The maximum atomic E-state index is 12.6. The van der Waals surface area contributed by atoms with Crippen LogP contribution in [0.15, 0.2) is 42.5 Å². The van der Waals surface area contributed by atoms with Gasteiger partial charge in [-0.05, 0) is 18.2 Å². The number of halogens is 2. The van der Waals surface area contributed by atoms with Crippen LogP contribution < -0.4 is 0 Å². The van der Waals surface area contributed by atoms with Gasteiger partial charge in [-0.25, -0.2) is 0 Å². The highest BCUT2D eigenvalue weighted by molar-refractivity contribution is 6.35. The molecule has 8 heteroatoms. The smallest absolute Gasteiger partial charge is 0.270 e. The van der Waals surface area contributed by atoms with Crippen molar-refractivity contribution in [3.63, 3.8) is 0 Å². The van der Waals surface area contributed by atoms with Crippen LogP contribution in [-0.2, 0) is 6.54 Å². The minimum atomic E-state index is -0.498. The molecule has 0 aromatic heterocycles. The molecule has 1 amide bonds. The van der Waals surface area contributed by atoms with E-state index in [1.54, 1.807) is 11.0 Å². The third-order valence-electron chi connectivity index (χ3n) is 4.41. The van der Waals surface area contributed by atoms with E-state index in [-0.39, 0.29) is 11.6 Å². The van der Waals surface area contributed by atoms with Crippen molar-refractivity contribution >= 4 is 34.8 Å². The minimum Gasteiger partial charge on any atom is -0.336 e. The Hall–Kier alpha value is -2.15. The van der Waals surface area contributed by atoms with Gasteiger partial charge in [-0.1, -0.05) is 35.3 Å². The van der Waals surface area contributed by atoms with Crippen molar-refractivity contribution in [2.45, 2.75) is 6.54 Å². The van der Waals surface area contributed by atoms with Crippen molar-refractivity contribution in [3.8, 4) is 0 Å². The van der Waals surface area contributed by atoms with Crippen molar-refractivity contribution in [3.05, 3.63) is 73.8 Å². The second kappa shape index (κ2) is 8.03. The molecule has 136 valence electrons. The van der Waals surface area contributed by atoms with Crippen LogP contribution in [0.25, 0.3) is 0 Å². The average molecular weight is 394 g/mol. The number of piperazine rings is 1. The lowest BCUT2D eigenvalue weighted by molar-refractivity contribution is -0.384. The van der Waals surface area contributed by atoms with Crippen LogP contribution in [0.3, 0.4) is 0 Å².